The van der Waals surface area contributed by atoms with Crippen LogP contribution in [-0.4, -0.2) is 38.4 Å². The summed E-state index contributed by atoms with van der Waals surface area (Å²) in [5.41, 5.74) is 1.90. The summed E-state index contributed by atoms with van der Waals surface area (Å²) in [4.78, 5) is 14.8. The van der Waals surface area contributed by atoms with Crippen molar-refractivity contribution in [1.82, 2.24) is 4.90 Å². The van der Waals surface area contributed by atoms with Crippen LogP contribution in [-0.2, 0) is 4.79 Å². The zero-order valence-electron chi connectivity index (χ0n) is 16.0. The van der Waals surface area contributed by atoms with Crippen LogP contribution in [0.4, 0.5) is 0 Å². The molecule has 0 aliphatic carbocycles. The minimum absolute atomic E-state index is 0.00485. The molecule has 6 nitrogen and oxygen atoms in total. The van der Waals surface area contributed by atoms with Gasteiger partial charge in [-0.3, -0.25) is 4.79 Å². The summed E-state index contributed by atoms with van der Waals surface area (Å²) in [6.07, 6.45) is 5.30. The predicted octanol–water partition coefficient (Wildman–Crippen LogP) is 3.81. The number of hydrogen-bond donors (Lipinski definition) is 0. The summed E-state index contributed by atoms with van der Waals surface area (Å²) in [7, 11) is 3.26. The number of methoxy groups -OCH3 is 2. The number of hydrogen-bond acceptors (Lipinski definition) is 5. The van der Waals surface area contributed by atoms with Crippen LogP contribution < -0.4 is 18.9 Å². The Bertz CT molecular complexity index is 908. The van der Waals surface area contributed by atoms with Crippen LogP contribution in [0.25, 0.3) is 6.08 Å². The standard InChI is InChI=1S/C22H23NO5/c1-25-16-7-8-17(20(13-16)26-2)18-4-3-11-23(18)22(24)10-6-15-5-9-19-21(12-15)28-14-27-19/h5-10,12-13,18H,3-4,11,14H2,1-2H3/b10-6+. The van der Waals surface area contributed by atoms with Gasteiger partial charge in [0, 0.05) is 24.3 Å². The molecule has 2 heterocycles. The van der Waals surface area contributed by atoms with Gasteiger partial charge >= 0.3 is 0 Å². The van der Waals surface area contributed by atoms with Crippen LogP contribution in [0.5, 0.6) is 23.0 Å². The molecule has 1 fully saturated rings. The highest BCUT2D eigenvalue weighted by molar-refractivity contribution is 5.92. The van der Waals surface area contributed by atoms with Crippen molar-refractivity contribution in [3.05, 3.63) is 53.6 Å². The molecule has 1 atom stereocenters. The normalized spacial score (nSPS) is 17.9. The predicted molar refractivity (Wildman–Crippen MR) is 105 cm³/mol. The molecule has 1 saturated heterocycles. The molecule has 2 aromatic rings. The minimum atomic E-state index is -0.0157. The van der Waals surface area contributed by atoms with Gasteiger partial charge in [0.15, 0.2) is 11.5 Å². The highest BCUT2D eigenvalue weighted by Crippen LogP contribution is 2.39. The molecule has 1 unspecified atom stereocenters. The van der Waals surface area contributed by atoms with Crippen LogP contribution in [0, 0.1) is 0 Å². The van der Waals surface area contributed by atoms with E-state index in [9.17, 15) is 4.79 Å². The van der Waals surface area contributed by atoms with E-state index >= 15 is 0 Å². The molecule has 146 valence electrons. The molecule has 0 saturated carbocycles. The summed E-state index contributed by atoms with van der Waals surface area (Å²) >= 11 is 0. The smallest absolute Gasteiger partial charge is 0.247 e. The SMILES string of the molecule is COc1ccc(C2CCCN2C(=O)/C=C/c2ccc3c(c2)OCO3)c(OC)c1. The second kappa shape index (κ2) is 7.84. The molecule has 28 heavy (non-hydrogen) atoms. The topological polar surface area (TPSA) is 57.2 Å². The summed E-state index contributed by atoms with van der Waals surface area (Å²) < 4.78 is 21.5. The largest absolute Gasteiger partial charge is 0.497 e. The lowest BCUT2D eigenvalue weighted by molar-refractivity contribution is -0.126. The van der Waals surface area contributed by atoms with E-state index in [0.717, 1.165) is 47.8 Å². The van der Waals surface area contributed by atoms with Gasteiger partial charge in [-0.1, -0.05) is 6.07 Å². The number of carbonyl (C=O) groups excluding carboxylic acids is 1. The molecule has 2 aliphatic heterocycles. The first-order valence-corrected chi connectivity index (χ1v) is 9.30. The highest BCUT2D eigenvalue weighted by Gasteiger charge is 2.31. The van der Waals surface area contributed by atoms with Crippen LogP contribution >= 0.6 is 0 Å². The summed E-state index contributed by atoms with van der Waals surface area (Å²) in [5.74, 6) is 2.90. The molecule has 1 amide bonds. The van der Waals surface area contributed by atoms with Gasteiger partial charge in [-0.05, 0) is 48.7 Å². The zero-order valence-corrected chi connectivity index (χ0v) is 16.0. The lowest BCUT2D eigenvalue weighted by Crippen LogP contribution is -2.29. The highest BCUT2D eigenvalue weighted by atomic mass is 16.7. The van der Waals surface area contributed by atoms with Crippen LogP contribution in [0.15, 0.2) is 42.5 Å². The van der Waals surface area contributed by atoms with Crippen molar-refractivity contribution in [3.63, 3.8) is 0 Å². The number of fused-ring (bicyclic) bond motifs is 1. The zero-order chi connectivity index (χ0) is 19.5. The molecule has 2 aliphatic rings. The number of benzene rings is 2. The summed E-state index contributed by atoms with van der Waals surface area (Å²) in [5, 5.41) is 0. The second-order valence-electron chi connectivity index (χ2n) is 6.74. The van der Waals surface area contributed by atoms with Crippen molar-refractivity contribution in [2.45, 2.75) is 18.9 Å². The fourth-order valence-electron chi connectivity index (χ4n) is 3.73. The van der Waals surface area contributed by atoms with Gasteiger partial charge in [0.1, 0.15) is 11.5 Å². The third kappa shape index (κ3) is 3.50. The fourth-order valence-corrected chi connectivity index (χ4v) is 3.73. The Morgan fingerprint density at radius 1 is 1.11 bits per heavy atom. The van der Waals surface area contributed by atoms with Gasteiger partial charge in [0.2, 0.25) is 12.7 Å². The third-order valence-electron chi connectivity index (χ3n) is 5.15. The van der Waals surface area contributed by atoms with Gasteiger partial charge in [-0.25, -0.2) is 0 Å². The Morgan fingerprint density at radius 3 is 2.79 bits per heavy atom. The third-order valence-corrected chi connectivity index (χ3v) is 5.15. The van der Waals surface area contributed by atoms with E-state index in [1.165, 1.54) is 0 Å². The van der Waals surface area contributed by atoms with E-state index < -0.39 is 0 Å². The molecular weight excluding hydrogens is 358 g/mol. The fraction of sp³-hybridized carbons (Fsp3) is 0.318. The number of rotatable bonds is 5. The molecular formula is C22H23NO5. The van der Waals surface area contributed by atoms with E-state index in [4.69, 9.17) is 18.9 Å². The number of nitrogens with zero attached hydrogens (tertiary/aromatic N) is 1. The van der Waals surface area contributed by atoms with Gasteiger partial charge in [0.05, 0.1) is 20.3 Å². The lowest BCUT2D eigenvalue weighted by Gasteiger charge is -2.25. The Labute approximate surface area is 164 Å². The summed E-state index contributed by atoms with van der Waals surface area (Å²) in [6.45, 7) is 0.963. The number of likely N-dealkylation sites (tertiary alicyclic amines) is 1. The average molecular weight is 381 g/mol. The lowest BCUT2D eigenvalue weighted by atomic mass is 10.0. The molecule has 0 N–H and O–H groups in total. The quantitative estimate of drug-likeness (QED) is 0.737. The van der Waals surface area contributed by atoms with E-state index in [2.05, 4.69) is 0 Å². The molecule has 2 aromatic carbocycles. The second-order valence-corrected chi connectivity index (χ2v) is 6.74. The minimum Gasteiger partial charge on any atom is -0.497 e. The van der Waals surface area contributed by atoms with Crippen molar-refractivity contribution in [2.75, 3.05) is 27.6 Å². The monoisotopic (exact) mass is 381 g/mol. The average Bonchev–Trinajstić information content (AvgIpc) is 3.40. The molecule has 0 bridgehead atoms. The van der Waals surface area contributed by atoms with E-state index in [1.54, 1.807) is 20.3 Å². The van der Waals surface area contributed by atoms with Crippen molar-refractivity contribution in [3.8, 4) is 23.0 Å². The number of amides is 1. The molecule has 0 radical (unpaired) electrons. The van der Waals surface area contributed by atoms with Crippen molar-refractivity contribution in [1.29, 1.82) is 0 Å². The van der Waals surface area contributed by atoms with Gasteiger partial charge in [0.25, 0.3) is 0 Å². The maximum atomic E-state index is 12.9. The van der Waals surface area contributed by atoms with Gasteiger partial charge in [-0.15, -0.1) is 0 Å². The van der Waals surface area contributed by atoms with Crippen molar-refractivity contribution >= 4 is 12.0 Å². The summed E-state index contributed by atoms with van der Waals surface area (Å²) in [6, 6.07) is 11.4. The van der Waals surface area contributed by atoms with Gasteiger partial charge in [-0.2, -0.15) is 0 Å². The molecule has 4 rings (SSSR count). The van der Waals surface area contributed by atoms with Crippen molar-refractivity contribution in [2.24, 2.45) is 0 Å². The molecule has 0 aromatic heterocycles. The van der Waals surface area contributed by atoms with E-state index in [1.807, 2.05) is 47.4 Å². The van der Waals surface area contributed by atoms with Crippen LogP contribution in [0.1, 0.15) is 30.0 Å². The molecule has 0 spiro atoms. The Hall–Kier alpha value is -3.15. The maximum absolute atomic E-state index is 12.9. The molecule has 6 heteroatoms. The van der Waals surface area contributed by atoms with Crippen molar-refractivity contribution < 1.29 is 23.7 Å². The first-order chi connectivity index (χ1) is 13.7. The van der Waals surface area contributed by atoms with E-state index in [-0.39, 0.29) is 18.7 Å². The number of ether oxygens (including phenoxy) is 4. The van der Waals surface area contributed by atoms with E-state index in [0.29, 0.717) is 5.75 Å². The number of carbonyl (C=O) groups is 1. The Morgan fingerprint density at radius 2 is 1.96 bits per heavy atom. The first-order valence-electron chi connectivity index (χ1n) is 9.30. The van der Waals surface area contributed by atoms with Crippen LogP contribution in [0.3, 0.4) is 0 Å². The van der Waals surface area contributed by atoms with Crippen LogP contribution in [0.2, 0.25) is 0 Å². The maximum Gasteiger partial charge on any atom is 0.247 e. The Balaban J connectivity index is 1.52. The first kappa shape index (κ1) is 18.2. The Kier molecular flexibility index (Phi) is 5.10. The van der Waals surface area contributed by atoms with Gasteiger partial charge < -0.3 is 23.8 Å².